The van der Waals surface area contributed by atoms with Crippen molar-refractivity contribution in [2.75, 3.05) is 23.5 Å². The first-order chi connectivity index (χ1) is 12.9. The second-order valence-corrected chi connectivity index (χ2v) is 10.7. The fraction of sp³-hybridized carbons (Fsp3) is 0.500. The lowest BCUT2D eigenvalue weighted by atomic mass is 9.83. The second-order valence-electron chi connectivity index (χ2n) is 7.10. The number of carboxylic acid groups (broad SMARTS) is 1. The molecular weight excluding hydrogens is 382 g/mol. The number of rotatable bonds is 9. The number of amides is 1. The molecule has 1 fully saturated rings. The van der Waals surface area contributed by atoms with Crippen LogP contribution in [-0.2, 0) is 26.9 Å². The van der Waals surface area contributed by atoms with Crippen LogP contribution in [0, 0.1) is 5.92 Å². The lowest BCUT2D eigenvalue weighted by molar-refractivity contribution is -0.161. The summed E-state index contributed by atoms with van der Waals surface area (Å²) in [5.41, 5.74) is 1.48. The van der Waals surface area contributed by atoms with Crippen LogP contribution in [0.4, 0.5) is 0 Å². The van der Waals surface area contributed by atoms with Crippen LogP contribution in [0.5, 0.6) is 0 Å². The number of hydrogen-bond acceptors (Lipinski definition) is 4. The zero-order valence-corrected chi connectivity index (χ0v) is 17.3. The smallest absolute Gasteiger partial charge is 0.353 e. The van der Waals surface area contributed by atoms with Gasteiger partial charge in [0.1, 0.15) is 17.2 Å². The van der Waals surface area contributed by atoms with Gasteiger partial charge in [0.15, 0.2) is 0 Å². The Morgan fingerprint density at radius 3 is 2.67 bits per heavy atom. The summed E-state index contributed by atoms with van der Waals surface area (Å²) in [7, 11) is 0.273. The molecule has 2 heterocycles. The summed E-state index contributed by atoms with van der Waals surface area (Å²) in [4.78, 5) is 26.0. The Bertz CT molecular complexity index is 735. The van der Waals surface area contributed by atoms with Crippen LogP contribution >= 0.6 is 11.8 Å². The van der Waals surface area contributed by atoms with Crippen molar-refractivity contribution in [1.82, 2.24) is 4.90 Å². The quantitative estimate of drug-likeness (QED) is 0.483. The van der Waals surface area contributed by atoms with Gasteiger partial charge in [-0.2, -0.15) is 0 Å². The van der Waals surface area contributed by atoms with Crippen molar-refractivity contribution in [2.24, 2.45) is 5.92 Å². The second kappa shape index (κ2) is 8.71. The van der Waals surface area contributed by atoms with Gasteiger partial charge in [-0.25, -0.2) is 4.79 Å². The molecule has 0 bridgehead atoms. The van der Waals surface area contributed by atoms with Gasteiger partial charge in [-0.1, -0.05) is 30.3 Å². The molecule has 27 heavy (non-hydrogen) atoms. The number of aryl methyl sites for hydroxylation is 1. The number of β-lactam (4-membered cyclic amide) rings is 1. The van der Waals surface area contributed by atoms with E-state index in [0.717, 1.165) is 28.6 Å². The highest BCUT2D eigenvalue weighted by Crippen LogP contribution is 2.46. The van der Waals surface area contributed by atoms with Gasteiger partial charge in [0.05, 0.1) is 24.3 Å². The molecule has 3 unspecified atom stereocenters. The zero-order valence-electron chi connectivity index (χ0n) is 15.6. The molecule has 7 heteroatoms. The van der Waals surface area contributed by atoms with E-state index in [2.05, 4.69) is 30.5 Å². The standard InChI is InChI=1S/C20H25NO4S2/c1-13(22)17-15-12-16(18(20(24)25)21(15)19(17)23)26-9-11-27(2)10-8-14-6-4-3-5-7-14/h3-7,13,15,17,22H,8-12H2,1-2H3/p+1/t13-,15?,17?,27?/m1/s1. The van der Waals surface area contributed by atoms with Gasteiger partial charge in [0, 0.05) is 23.5 Å². The van der Waals surface area contributed by atoms with Crippen LogP contribution < -0.4 is 0 Å². The molecule has 2 aliphatic heterocycles. The van der Waals surface area contributed by atoms with Crippen molar-refractivity contribution >= 4 is 34.5 Å². The number of fused-ring (bicyclic) bond motifs is 1. The third-order valence-corrected chi connectivity index (χ3v) is 8.36. The maximum absolute atomic E-state index is 12.2. The van der Waals surface area contributed by atoms with E-state index in [4.69, 9.17) is 0 Å². The van der Waals surface area contributed by atoms with Crippen molar-refractivity contribution in [2.45, 2.75) is 31.9 Å². The van der Waals surface area contributed by atoms with Gasteiger partial charge >= 0.3 is 5.97 Å². The molecule has 0 radical (unpaired) electrons. The van der Waals surface area contributed by atoms with Crippen molar-refractivity contribution in [3.8, 4) is 0 Å². The molecule has 0 aromatic heterocycles. The van der Waals surface area contributed by atoms with E-state index in [1.807, 2.05) is 6.07 Å². The van der Waals surface area contributed by atoms with Crippen molar-refractivity contribution in [1.29, 1.82) is 0 Å². The summed E-state index contributed by atoms with van der Waals surface area (Å²) in [6.07, 6.45) is 3.13. The molecule has 2 N–H and O–H groups in total. The summed E-state index contributed by atoms with van der Waals surface area (Å²) >= 11 is 1.56. The van der Waals surface area contributed by atoms with E-state index in [1.165, 1.54) is 10.5 Å². The van der Waals surface area contributed by atoms with Gasteiger partial charge in [-0.05, 0) is 23.4 Å². The van der Waals surface area contributed by atoms with Crippen LogP contribution in [0.3, 0.4) is 0 Å². The van der Waals surface area contributed by atoms with E-state index in [0.29, 0.717) is 6.42 Å². The molecule has 1 aromatic rings. The third-order valence-electron chi connectivity index (χ3n) is 5.18. The number of nitrogens with zero attached hydrogens (tertiary/aromatic N) is 1. The lowest BCUT2D eigenvalue weighted by Crippen LogP contribution is -2.61. The van der Waals surface area contributed by atoms with Crippen LogP contribution in [-0.4, -0.2) is 62.6 Å². The average molecular weight is 409 g/mol. The average Bonchev–Trinajstić information content (AvgIpc) is 2.95. The van der Waals surface area contributed by atoms with Crippen LogP contribution in [0.1, 0.15) is 18.9 Å². The fourth-order valence-corrected chi connectivity index (χ4v) is 6.82. The molecule has 146 valence electrons. The number of aliphatic carboxylic acids is 1. The van der Waals surface area contributed by atoms with Crippen molar-refractivity contribution in [3.63, 3.8) is 0 Å². The molecule has 4 atom stereocenters. The van der Waals surface area contributed by atoms with E-state index in [1.54, 1.807) is 18.7 Å². The molecule has 5 nitrogen and oxygen atoms in total. The van der Waals surface area contributed by atoms with Gasteiger partial charge in [0.2, 0.25) is 5.91 Å². The molecular formula is C20H26NO4S2+. The number of hydrogen-bond donors (Lipinski definition) is 2. The minimum Gasteiger partial charge on any atom is -0.477 e. The third kappa shape index (κ3) is 4.36. The van der Waals surface area contributed by atoms with Gasteiger partial charge < -0.3 is 15.1 Å². The summed E-state index contributed by atoms with van der Waals surface area (Å²) < 4.78 is 0. The maximum Gasteiger partial charge on any atom is 0.353 e. The zero-order chi connectivity index (χ0) is 19.6. The highest BCUT2D eigenvalue weighted by atomic mass is 32.2. The Morgan fingerprint density at radius 1 is 1.33 bits per heavy atom. The highest BCUT2D eigenvalue weighted by Gasteiger charge is 2.56. The number of aliphatic hydroxyl groups excluding tert-OH is 1. The van der Waals surface area contributed by atoms with E-state index in [-0.39, 0.29) is 28.5 Å². The molecule has 0 spiro atoms. The Morgan fingerprint density at radius 2 is 2.04 bits per heavy atom. The van der Waals surface area contributed by atoms with Crippen molar-refractivity contribution < 1.29 is 19.8 Å². The first-order valence-corrected chi connectivity index (χ1v) is 12.1. The van der Waals surface area contributed by atoms with Gasteiger partial charge in [-0.3, -0.25) is 4.79 Å². The Balaban J connectivity index is 1.51. The monoisotopic (exact) mass is 408 g/mol. The summed E-state index contributed by atoms with van der Waals surface area (Å²) in [5.74, 6) is 1.25. The predicted molar refractivity (Wildman–Crippen MR) is 111 cm³/mol. The molecule has 1 saturated heterocycles. The Labute approximate surface area is 167 Å². The molecule has 3 rings (SSSR count). The van der Waals surface area contributed by atoms with Crippen LogP contribution in [0.15, 0.2) is 40.9 Å². The van der Waals surface area contributed by atoms with E-state index >= 15 is 0 Å². The fourth-order valence-electron chi connectivity index (χ4n) is 3.71. The van der Waals surface area contributed by atoms with Gasteiger partial charge in [0.25, 0.3) is 0 Å². The minimum atomic E-state index is -1.04. The topological polar surface area (TPSA) is 77.8 Å². The summed E-state index contributed by atoms with van der Waals surface area (Å²) in [6.45, 7) is 1.60. The molecule has 0 saturated carbocycles. The number of carbonyl (C=O) groups excluding carboxylic acids is 1. The van der Waals surface area contributed by atoms with Crippen molar-refractivity contribution in [3.05, 3.63) is 46.5 Å². The first-order valence-electron chi connectivity index (χ1n) is 9.13. The molecule has 1 aromatic carbocycles. The number of benzene rings is 1. The number of carbonyl (C=O) groups is 2. The predicted octanol–water partition coefficient (Wildman–Crippen LogP) is 2.12. The number of aliphatic hydroxyl groups is 1. The molecule has 1 amide bonds. The largest absolute Gasteiger partial charge is 0.477 e. The minimum absolute atomic E-state index is 0.132. The van der Waals surface area contributed by atoms with Crippen LogP contribution in [0.2, 0.25) is 0 Å². The lowest BCUT2D eigenvalue weighted by Gasteiger charge is -2.44. The SMILES string of the molecule is C[C@@H](O)C1C(=O)N2C(C(=O)O)=C(SCC[S+](C)CCc3ccccc3)CC12. The Kier molecular flexibility index (Phi) is 6.55. The summed E-state index contributed by atoms with van der Waals surface area (Å²) in [6, 6.07) is 10.2. The molecule has 2 aliphatic rings. The Hall–Kier alpha value is -1.44. The van der Waals surface area contributed by atoms with E-state index < -0.39 is 18.0 Å². The number of thioether (sulfide) groups is 1. The summed E-state index contributed by atoms with van der Waals surface area (Å²) in [5, 5.41) is 19.3. The van der Waals surface area contributed by atoms with E-state index in [9.17, 15) is 19.8 Å². The number of carboxylic acids is 1. The molecule has 0 aliphatic carbocycles. The highest BCUT2D eigenvalue weighted by molar-refractivity contribution is 8.04. The van der Waals surface area contributed by atoms with Gasteiger partial charge in [-0.15, -0.1) is 11.8 Å². The van der Waals surface area contributed by atoms with Crippen LogP contribution in [0.25, 0.3) is 0 Å². The normalized spacial score (nSPS) is 23.8. The maximum atomic E-state index is 12.2. The first kappa shape index (κ1) is 20.3.